The molecule has 0 fully saturated rings. The van der Waals surface area contributed by atoms with Gasteiger partial charge in [0.1, 0.15) is 0 Å². The van der Waals surface area contributed by atoms with Crippen LogP contribution in [-0.4, -0.2) is 26.3 Å². The van der Waals surface area contributed by atoms with Crippen LogP contribution in [0.5, 0.6) is 23.0 Å². The number of para-hydroxylation sites is 1. The third-order valence-corrected chi connectivity index (χ3v) is 3.96. The van der Waals surface area contributed by atoms with E-state index in [0.29, 0.717) is 34.1 Å². The maximum Gasteiger partial charge on any atom is 0.291 e. The zero-order chi connectivity index (χ0) is 18.0. The van der Waals surface area contributed by atoms with Crippen LogP contribution in [0.1, 0.15) is 17.2 Å². The average molecular weight is 343 g/mol. The lowest BCUT2D eigenvalue weighted by molar-refractivity contribution is -0.434. The van der Waals surface area contributed by atoms with Crippen molar-refractivity contribution in [1.29, 1.82) is 0 Å². The van der Waals surface area contributed by atoms with Crippen molar-refractivity contribution in [1.82, 2.24) is 0 Å². The number of nitrogens with zero attached hydrogens (tertiary/aromatic N) is 1. The Hall–Kier alpha value is -3.22. The second-order valence-corrected chi connectivity index (χ2v) is 5.32. The van der Waals surface area contributed by atoms with Crippen LogP contribution in [0.15, 0.2) is 42.1 Å². The van der Waals surface area contributed by atoms with Gasteiger partial charge in [-0.2, -0.15) is 0 Å². The molecular weight excluding hydrogens is 326 g/mol. The van der Waals surface area contributed by atoms with E-state index in [4.69, 9.17) is 18.9 Å². The Labute approximate surface area is 144 Å². The largest absolute Gasteiger partial charge is 0.493 e. The zero-order valence-corrected chi connectivity index (χ0v) is 14.0. The van der Waals surface area contributed by atoms with E-state index in [1.807, 2.05) is 0 Å². The van der Waals surface area contributed by atoms with Gasteiger partial charge in [0.15, 0.2) is 23.0 Å². The molecule has 0 aliphatic carbocycles. The Morgan fingerprint density at radius 2 is 1.72 bits per heavy atom. The summed E-state index contributed by atoms with van der Waals surface area (Å²) in [5, 5.41) is 11.6. The molecule has 0 bridgehead atoms. The summed E-state index contributed by atoms with van der Waals surface area (Å²) in [5.41, 5.74) is 1.12. The van der Waals surface area contributed by atoms with Gasteiger partial charge in [0.2, 0.25) is 6.10 Å². The van der Waals surface area contributed by atoms with Crippen molar-refractivity contribution in [3.63, 3.8) is 0 Å². The first-order valence-electron chi connectivity index (χ1n) is 7.50. The minimum Gasteiger partial charge on any atom is -0.493 e. The van der Waals surface area contributed by atoms with Gasteiger partial charge in [0.25, 0.3) is 5.70 Å². The molecule has 130 valence electrons. The quantitative estimate of drug-likeness (QED) is 0.611. The number of methoxy groups -OCH3 is 3. The fourth-order valence-corrected chi connectivity index (χ4v) is 2.75. The molecule has 1 atom stereocenters. The van der Waals surface area contributed by atoms with Crippen LogP contribution < -0.4 is 18.9 Å². The monoisotopic (exact) mass is 343 g/mol. The van der Waals surface area contributed by atoms with Gasteiger partial charge in [-0.1, -0.05) is 18.2 Å². The van der Waals surface area contributed by atoms with E-state index in [0.717, 1.165) is 0 Å². The predicted molar refractivity (Wildman–Crippen MR) is 90.9 cm³/mol. The van der Waals surface area contributed by atoms with E-state index in [9.17, 15) is 10.1 Å². The molecule has 1 unspecified atom stereocenters. The van der Waals surface area contributed by atoms with Crippen LogP contribution in [0.25, 0.3) is 6.08 Å². The Morgan fingerprint density at radius 3 is 2.36 bits per heavy atom. The minimum atomic E-state index is -0.890. The fourth-order valence-electron chi connectivity index (χ4n) is 2.75. The van der Waals surface area contributed by atoms with Crippen LogP contribution in [0, 0.1) is 10.1 Å². The number of hydrogen-bond donors (Lipinski definition) is 0. The van der Waals surface area contributed by atoms with Crippen molar-refractivity contribution in [3.8, 4) is 23.0 Å². The van der Waals surface area contributed by atoms with E-state index in [1.165, 1.54) is 27.4 Å². The average Bonchev–Trinajstić information content (AvgIpc) is 2.65. The molecule has 0 radical (unpaired) electrons. The second-order valence-electron chi connectivity index (χ2n) is 5.32. The van der Waals surface area contributed by atoms with Gasteiger partial charge in [-0.15, -0.1) is 0 Å². The van der Waals surface area contributed by atoms with E-state index < -0.39 is 11.0 Å². The molecule has 3 rings (SSSR count). The highest BCUT2D eigenvalue weighted by molar-refractivity contribution is 5.66. The van der Waals surface area contributed by atoms with Crippen molar-refractivity contribution in [2.24, 2.45) is 0 Å². The molecule has 0 aromatic heterocycles. The maximum absolute atomic E-state index is 11.6. The molecule has 2 aromatic rings. The molecule has 0 spiro atoms. The first kappa shape index (κ1) is 16.6. The molecule has 1 heterocycles. The summed E-state index contributed by atoms with van der Waals surface area (Å²) in [6, 6.07) is 10.3. The number of benzene rings is 2. The van der Waals surface area contributed by atoms with Gasteiger partial charge < -0.3 is 18.9 Å². The lowest BCUT2D eigenvalue weighted by Gasteiger charge is -2.24. The normalized spacial score (nSPS) is 15.5. The van der Waals surface area contributed by atoms with E-state index >= 15 is 0 Å². The summed E-state index contributed by atoms with van der Waals surface area (Å²) in [6.45, 7) is 0. The molecule has 7 nitrogen and oxygen atoms in total. The molecule has 25 heavy (non-hydrogen) atoms. The van der Waals surface area contributed by atoms with Crippen LogP contribution in [0.4, 0.5) is 0 Å². The van der Waals surface area contributed by atoms with Crippen molar-refractivity contribution in [3.05, 3.63) is 63.3 Å². The SMILES string of the molecule is COc1ccc(C2Oc3c(cccc3OC)C=C2[N+](=O)[O-])cc1OC. The summed E-state index contributed by atoms with van der Waals surface area (Å²) in [6.07, 6.45) is 0.613. The van der Waals surface area contributed by atoms with E-state index in [1.54, 1.807) is 36.4 Å². The molecule has 1 aliphatic heterocycles. The van der Waals surface area contributed by atoms with Gasteiger partial charge in [0, 0.05) is 17.2 Å². The molecule has 7 heteroatoms. The second kappa shape index (κ2) is 6.72. The van der Waals surface area contributed by atoms with Gasteiger partial charge in [-0.25, -0.2) is 0 Å². The number of nitro groups is 1. The third kappa shape index (κ3) is 2.96. The fraction of sp³-hybridized carbons (Fsp3) is 0.222. The van der Waals surface area contributed by atoms with Crippen LogP contribution in [-0.2, 0) is 0 Å². The zero-order valence-electron chi connectivity index (χ0n) is 14.0. The summed E-state index contributed by atoms with van der Waals surface area (Å²) < 4.78 is 21.8. The predicted octanol–water partition coefficient (Wildman–Crippen LogP) is 3.46. The lowest BCUT2D eigenvalue weighted by atomic mass is 10.0. The van der Waals surface area contributed by atoms with Gasteiger partial charge in [0.05, 0.1) is 26.3 Å². The standard InChI is InChI=1S/C18H17NO6/c1-22-14-8-7-12(10-16(14)24-3)17-13(19(20)21)9-11-5-4-6-15(23-2)18(11)25-17/h4-10,17H,1-3H3. The summed E-state index contributed by atoms with van der Waals surface area (Å²) >= 11 is 0. The van der Waals surface area contributed by atoms with Crippen LogP contribution in [0.2, 0.25) is 0 Å². The minimum absolute atomic E-state index is 0.0621. The number of hydrogen-bond acceptors (Lipinski definition) is 6. The van der Waals surface area contributed by atoms with Crippen LogP contribution >= 0.6 is 0 Å². The highest BCUT2D eigenvalue weighted by atomic mass is 16.6. The van der Waals surface area contributed by atoms with Gasteiger partial charge in [-0.3, -0.25) is 10.1 Å². The summed E-state index contributed by atoms with van der Waals surface area (Å²) in [4.78, 5) is 11.1. The first-order valence-corrected chi connectivity index (χ1v) is 7.50. The lowest BCUT2D eigenvalue weighted by Crippen LogP contribution is -2.20. The number of rotatable bonds is 5. The number of ether oxygens (including phenoxy) is 4. The molecule has 1 aliphatic rings. The Balaban J connectivity index is 2.11. The molecular formula is C18H17NO6. The van der Waals surface area contributed by atoms with Crippen molar-refractivity contribution < 1.29 is 23.9 Å². The molecule has 0 N–H and O–H groups in total. The third-order valence-electron chi connectivity index (χ3n) is 3.96. The number of fused-ring (bicyclic) bond motifs is 1. The van der Waals surface area contributed by atoms with Gasteiger partial charge >= 0.3 is 0 Å². The Bertz CT molecular complexity index is 845. The Morgan fingerprint density at radius 1 is 1.00 bits per heavy atom. The highest BCUT2D eigenvalue weighted by Crippen LogP contribution is 2.43. The van der Waals surface area contributed by atoms with Crippen molar-refractivity contribution in [2.75, 3.05) is 21.3 Å². The molecule has 0 amide bonds. The first-order chi connectivity index (χ1) is 12.1. The van der Waals surface area contributed by atoms with Crippen molar-refractivity contribution >= 4 is 6.08 Å². The summed E-state index contributed by atoms with van der Waals surface area (Å²) in [5.74, 6) is 1.99. The smallest absolute Gasteiger partial charge is 0.291 e. The van der Waals surface area contributed by atoms with Crippen molar-refractivity contribution in [2.45, 2.75) is 6.10 Å². The van der Waals surface area contributed by atoms with E-state index in [-0.39, 0.29) is 5.70 Å². The summed E-state index contributed by atoms with van der Waals surface area (Å²) in [7, 11) is 4.56. The maximum atomic E-state index is 11.6. The molecule has 2 aromatic carbocycles. The van der Waals surface area contributed by atoms with Gasteiger partial charge in [-0.05, 0) is 18.2 Å². The van der Waals surface area contributed by atoms with E-state index in [2.05, 4.69) is 0 Å². The molecule has 0 saturated carbocycles. The highest BCUT2D eigenvalue weighted by Gasteiger charge is 2.35. The van der Waals surface area contributed by atoms with Crippen LogP contribution in [0.3, 0.4) is 0 Å². The topological polar surface area (TPSA) is 80.1 Å². The molecule has 0 saturated heterocycles. The Kier molecular flexibility index (Phi) is 4.47.